The van der Waals surface area contributed by atoms with Gasteiger partial charge in [-0.3, -0.25) is 18.8 Å². The molecule has 2 atom stereocenters. The van der Waals surface area contributed by atoms with Gasteiger partial charge in [0, 0.05) is 18.2 Å². The molecule has 2 fully saturated rings. The molecule has 1 aliphatic carbocycles. The van der Waals surface area contributed by atoms with E-state index in [4.69, 9.17) is 10.6 Å². The number of nitrogens with zero attached hydrogens (tertiary/aromatic N) is 6. The molecule has 2 amide bonds. The highest BCUT2D eigenvalue weighted by Gasteiger charge is 2.54. The van der Waals surface area contributed by atoms with Crippen LogP contribution in [0.1, 0.15) is 25.0 Å². The first kappa shape index (κ1) is 23.5. The molecule has 0 bridgehead atoms. The summed E-state index contributed by atoms with van der Waals surface area (Å²) in [6.07, 6.45) is 3.40. The molecule has 1 aliphatic heterocycles. The Morgan fingerprint density at radius 3 is 2.65 bits per heavy atom. The number of hydrogen-bond donors (Lipinski definition) is 4. The summed E-state index contributed by atoms with van der Waals surface area (Å²) in [5, 5.41) is 20.8. The summed E-state index contributed by atoms with van der Waals surface area (Å²) in [4.78, 5) is 49.9. The Bertz CT molecular complexity index is 1250. The number of amides is 2. The molecular weight excluding hydrogens is 496 g/mol. The maximum atomic E-state index is 13.0. The molecule has 0 spiro atoms. The van der Waals surface area contributed by atoms with Crippen molar-refractivity contribution in [3.8, 4) is 0 Å². The molecule has 0 unspecified atom stereocenters. The molecule has 18 heteroatoms. The fraction of sp³-hybridized carbons (Fsp3) is 0.438. The van der Waals surface area contributed by atoms with Crippen LogP contribution in [0.5, 0.6) is 0 Å². The lowest BCUT2D eigenvalue weighted by atomic mass is 9.80. The molecule has 4 rings (SSSR count). The quantitative estimate of drug-likeness (QED) is 0.126. The molecule has 0 aromatic carbocycles. The van der Waals surface area contributed by atoms with Gasteiger partial charge in [-0.2, -0.15) is 13.5 Å². The highest BCUT2D eigenvalue weighted by molar-refractivity contribution is 7.84. The van der Waals surface area contributed by atoms with Gasteiger partial charge in [-0.25, -0.2) is 19.1 Å². The summed E-state index contributed by atoms with van der Waals surface area (Å²) in [7, 11) is -4.92. The molecule has 5 N–H and O–H groups in total. The van der Waals surface area contributed by atoms with E-state index in [0.717, 1.165) is 11.3 Å². The molecule has 0 radical (unpaired) electrons. The molecule has 2 aromatic heterocycles. The van der Waals surface area contributed by atoms with Crippen LogP contribution in [-0.4, -0.2) is 83.3 Å². The summed E-state index contributed by atoms with van der Waals surface area (Å²) in [6, 6.07) is -2.62. The van der Waals surface area contributed by atoms with E-state index in [1.807, 2.05) is 0 Å². The molecule has 3 heterocycles. The second-order valence-corrected chi connectivity index (χ2v) is 9.68. The van der Waals surface area contributed by atoms with Gasteiger partial charge in [0.25, 0.3) is 11.8 Å². The first-order chi connectivity index (χ1) is 16.0. The third-order valence-corrected chi connectivity index (χ3v) is 7.01. The minimum atomic E-state index is -4.92. The highest BCUT2D eigenvalue weighted by Crippen LogP contribution is 2.36. The molecular formula is C16H18N8O8S2. The lowest BCUT2D eigenvalue weighted by molar-refractivity contribution is -0.178. The van der Waals surface area contributed by atoms with Crippen molar-refractivity contribution < 1.29 is 37.3 Å². The van der Waals surface area contributed by atoms with Crippen LogP contribution in [0.25, 0.3) is 0 Å². The molecule has 1 saturated carbocycles. The third kappa shape index (κ3) is 4.29. The number of β-lactam (4-membered cyclic amide) rings is 1. The Kier molecular flexibility index (Phi) is 5.96. The van der Waals surface area contributed by atoms with E-state index in [1.165, 1.54) is 22.7 Å². The Hall–Kier alpha value is -3.64. The molecule has 2 aromatic rings. The largest absolute Gasteiger partial charge is 0.478 e. The van der Waals surface area contributed by atoms with Crippen molar-refractivity contribution in [2.45, 2.75) is 43.5 Å². The van der Waals surface area contributed by atoms with Gasteiger partial charge >= 0.3 is 16.3 Å². The maximum Gasteiger partial charge on any atom is 0.362 e. The number of thiazole rings is 1. The Morgan fingerprint density at radius 1 is 1.41 bits per heavy atom. The van der Waals surface area contributed by atoms with Gasteiger partial charge in [0.1, 0.15) is 24.4 Å². The Balaban J connectivity index is 1.59. The number of anilines is 1. The van der Waals surface area contributed by atoms with Crippen LogP contribution >= 0.6 is 11.3 Å². The number of nitrogens with one attached hydrogen (secondary N) is 1. The van der Waals surface area contributed by atoms with Crippen molar-refractivity contribution in [3.63, 3.8) is 0 Å². The van der Waals surface area contributed by atoms with Crippen LogP contribution in [0.2, 0.25) is 0 Å². The highest BCUT2D eigenvalue weighted by atomic mass is 32.2. The topological polar surface area (TPSA) is 232 Å². The number of carboxylic acids is 1. The zero-order valence-electron chi connectivity index (χ0n) is 17.1. The zero-order chi connectivity index (χ0) is 24.7. The average molecular weight is 515 g/mol. The number of oxime groups is 1. The molecule has 1 saturated heterocycles. The number of rotatable bonds is 9. The monoisotopic (exact) mass is 514 g/mol. The first-order valence-corrected chi connectivity index (χ1v) is 11.9. The van der Waals surface area contributed by atoms with E-state index in [2.05, 4.69) is 25.5 Å². The third-order valence-electron chi connectivity index (χ3n) is 5.39. The van der Waals surface area contributed by atoms with Crippen LogP contribution in [0.3, 0.4) is 0 Å². The average Bonchev–Trinajstić information content (AvgIpc) is 3.38. The van der Waals surface area contributed by atoms with Gasteiger partial charge < -0.3 is 21.0 Å². The van der Waals surface area contributed by atoms with E-state index >= 15 is 0 Å². The fourth-order valence-electron chi connectivity index (χ4n) is 3.44. The number of hydrogen-bond acceptors (Lipinski definition) is 12. The Labute approximate surface area is 195 Å². The van der Waals surface area contributed by atoms with Gasteiger partial charge in [-0.15, -0.1) is 11.3 Å². The van der Waals surface area contributed by atoms with Crippen LogP contribution in [0.4, 0.5) is 5.13 Å². The first-order valence-electron chi connectivity index (χ1n) is 9.67. The number of nitrogens with two attached hydrogens (primary N) is 1. The number of carboxylic acid groups (broad SMARTS) is 1. The number of carbonyl (C=O) groups excluding carboxylic acids is 2. The van der Waals surface area contributed by atoms with Crippen LogP contribution in [0, 0.1) is 0 Å². The molecule has 2 aliphatic rings. The summed E-state index contributed by atoms with van der Waals surface area (Å²) >= 11 is 0.984. The standard InChI is InChI=1S/C16H18N8O8S2/c17-15-20-8(5-33-15)10(22-32-16(14(27)28)2-1-3-16)12(25)21-11-9(4-23-7-18-6-19-23)24(13(11)26)34(29,30)31/h5-7,9,11H,1-4H2,(H2,17,20)(H,21,25)(H,27,28)(H,29,30,31)/t9-,11-/m0/s1. The minimum absolute atomic E-state index is 0.0360. The number of aromatic nitrogens is 4. The maximum absolute atomic E-state index is 13.0. The van der Waals surface area contributed by atoms with Crippen molar-refractivity contribution in [3.05, 3.63) is 23.7 Å². The van der Waals surface area contributed by atoms with Gasteiger partial charge in [0.05, 0.1) is 12.6 Å². The minimum Gasteiger partial charge on any atom is -0.478 e. The van der Waals surface area contributed by atoms with Crippen molar-refractivity contribution in [1.29, 1.82) is 0 Å². The van der Waals surface area contributed by atoms with Gasteiger partial charge in [0.2, 0.25) is 5.60 Å². The van der Waals surface area contributed by atoms with Gasteiger partial charge in [-0.1, -0.05) is 5.16 Å². The van der Waals surface area contributed by atoms with Crippen molar-refractivity contribution >= 4 is 50.3 Å². The number of aliphatic carboxylic acids is 1. The number of carbonyl (C=O) groups is 3. The fourth-order valence-corrected chi connectivity index (χ4v) is 4.86. The second kappa shape index (κ2) is 8.61. The van der Waals surface area contributed by atoms with Crippen LogP contribution in [0.15, 0.2) is 23.2 Å². The van der Waals surface area contributed by atoms with Crippen LogP contribution in [-0.2, 0) is 36.1 Å². The number of nitrogen functional groups attached to an aromatic ring is 1. The van der Waals surface area contributed by atoms with Crippen molar-refractivity contribution in [2.75, 3.05) is 5.73 Å². The zero-order valence-corrected chi connectivity index (χ0v) is 18.8. The molecule has 34 heavy (non-hydrogen) atoms. The second-order valence-electron chi connectivity index (χ2n) is 7.50. The van der Waals surface area contributed by atoms with E-state index in [-0.39, 0.29) is 34.5 Å². The van der Waals surface area contributed by atoms with Crippen LogP contribution < -0.4 is 11.1 Å². The lowest BCUT2D eigenvalue weighted by Gasteiger charge is -2.43. The van der Waals surface area contributed by atoms with E-state index < -0.39 is 51.5 Å². The lowest BCUT2D eigenvalue weighted by Crippen LogP contribution is -2.73. The summed E-state index contributed by atoms with van der Waals surface area (Å²) in [5.41, 5.74) is 3.54. The predicted molar refractivity (Wildman–Crippen MR) is 113 cm³/mol. The molecule has 182 valence electrons. The summed E-state index contributed by atoms with van der Waals surface area (Å²) in [6.45, 7) is -0.217. The van der Waals surface area contributed by atoms with E-state index in [0.29, 0.717) is 6.42 Å². The van der Waals surface area contributed by atoms with Crippen molar-refractivity contribution in [2.24, 2.45) is 5.16 Å². The summed E-state index contributed by atoms with van der Waals surface area (Å²) < 4.78 is 34.1. The van der Waals surface area contributed by atoms with Gasteiger partial charge in [0.15, 0.2) is 10.8 Å². The van der Waals surface area contributed by atoms with E-state index in [9.17, 15) is 32.5 Å². The Morgan fingerprint density at radius 2 is 2.15 bits per heavy atom. The summed E-state index contributed by atoms with van der Waals surface area (Å²) in [5.74, 6) is -3.34. The van der Waals surface area contributed by atoms with E-state index in [1.54, 1.807) is 0 Å². The smallest absolute Gasteiger partial charge is 0.362 e. The molecule has 16 nitrogen and oxygen atoms in total. The predicted octanol–water partition coefficient (Wildman–Crippen LogP) is -1.76. The normalized spacial score (nSPS) is 22.0. The SMILES string of the molecule is Nc1nc(C(=NOC2(C(=O)O)CCC2)C(=O)N[C@@H]2C(=O)N(S(=O)(=O)O)[C@H]2Cn2cncn2)cs1. The van der Waals surface area contributed by atoms with Gasteiger partial charge in [-0.05, 0) is 6.42 Å². The van der Waals surface area contributed by atoms with Crippen molar-refractivity contribution in [1.82, 2.24) is 29.4 Å².